The maximum atomic E-state index is 12.1. The molecule has 0 radical (unpaired) electrons. The molecule has 2 fully saturated rings. The molecule has 2 aliphatic carbocycles. The standard InChI is InChI=1S/C17H23N3O3/c1-19(14-5-3-2-4-6-14)15-10-7-12(11-16(15)20(22)23)17(21)18-13-8-9-13/h7,10-11,13-14H,2-6,8-9H2,1H3,(H,18,21). The summed E-state index contributed by atoms with van der Waals surface area (Å²) in [5.74, 6) is -0.220. The van der Waals surface area contributed by atoms with E-state index in [1.54, 1.807) is 12.1 Å². The van der Waals surface area contributed by atoms with Crippen LogP contribution in [0.3, 0.4) is 0 Å². The molecule has 0 bridgehead atoms. The molecule has 6 nitrogen and oxygen atoms in total. The van der Waals surface area contributed by atoms with E-state index in [1.165, 1.54) is 25.3 Å². The van der Waals surface area contributed by atoms with Crippen molar-refractivity contribution < 1.29 is 9.72 Å². The summed E-state index contributed by atoms with van der Waals surface area (Å²) < 4.78 is 0. The number of nitrogens with zero attached hydrogens (tertiary/aromatic N) is 2. The predicted octanol–water partition coefficient (Wildman–Crippen LogP) is 3.26. The third kappa shape index (κ3) is 3.63. The van der Waals surface area contributed by atoms with Gasteiger partial charge in [-0.15, -0.1) is 0 Å². The molecule has 3 rings (SSSR count). The lowest BCUT2D eigenvalue weighted by Crippen LogP contribution is -2.34. The van der Waals surface area contributed by atoms with Crippen LogP contribution in [0.4, 0.5) is 11.4 Å². The summed E-state index contributed by atoms with van der Waals surface area (Å²) in [6, 6.07) is 5.40. The van der Waals surface area contributed by atoms with Gasteiger partial charge in [0.15, 0.2) is 0 Å². The van der Waals surface area contributed by atoms with Crippen molar-refractivity contribution in [2.24, 2.45) is 0 Å². The van der Waals surface area contributed by atoms with E-state index in [4.69, 9.17) is 0 Å². The zero-order chi connectivity index (χ0) is 16.4. The average Bonchev–Trinajstić information content (AvgIpc) is 3.38. The number of nitro groups is 1. The maximum Gasteiger partial charge on any atom is 0.293 e. The van der Waals surface area contributed by atoms with E-state index in [9.17, 15) is 14.9 Å². The van der Waals surface area contributed by atoms with Crippen LogP contribution in [0.25, 0.3) is 0 Å². The first-order valence-electron chi connectivity index (χ1n) is 8.38. The third-order valence-electron chi connectivity index (χ3n) is 4.85. The molecule has 0 saturated heterocycles. The first-order chi connectivity index (χ1) is 11.1. The summed E-state index contributed by atoms with van der Waals surface area (Å²) >= 11 is 0. The predicted molar refractivity (Wildman–Crippen MR) is 88.9 cm³/mol. The highest BCUT2D eigenvalue weighted by Gasteiger charge is 2.27. The lowest BCUT2D eigenvalue weighted by Gasteiger charge is -2.32. The van der Waals surface area contributed by atoms with Crippen LogP contribution in [-0.2, 0) is 0 Å². The van der Waals surface area contributed by atoms with Gasteiger partial charge in [0.1, 0.15) is 5.69 Å². The number of amides is 1. The largest absolute Gasteiger partial charge is 0.366 e. The van der Waals surface area contributed by atoms with Crippen LogP contribution in [0.2, 0.25) is 0 Å². The Kier molecular flexibility index (Phi) is 4.50. The van der Waals surface area contributed by atoms with Crippen LogP contribution < -0.4 is 10.2 Å². The summed E-state index contributed by atoms with van der Waals surface area (Å²) in [4.78, 5) is 25.2. The van der Waals surface area contributed by atoms with Gasteiger partial charge in [-0.2, -0.15) is 0 Å². The van der Waals surface area contributed by atoms with Crippen molar-refractivity contribution in [3.63, 3.8) is 0 Å². The van der Waals surface area contributed by atoms with E-state index < -0.39 is 0 Å². The highest BCUT2D eigenvalue weighted by atomic mass is 16.6. The van der Waals surface area contributed by atoms with Crippen LogP contribution in [-0.4, -0.2) is 30.0 Å². The van der Waals surface area contributed by atoms with Crippen molar-refractivity contribution in [3.8, 4) is 0 Å². The molecule has 0 atom stereocenters. The molecule has 0 aliphatic heterocycles. The van der Waals surface area contributed by atoms with Crippen molar-refractivity contribution in [2.75, 3.05) is 11.9 Å². The second-order valence-electron chi connectivity index (χ2n) is 6.61. The first-order valence-corrected chi connectivity index (χ1v) is 8.38. The zero-order valence-electron chi connectivity index (χ0n) is 13.5. The lowest BCUT2D eigenvalue weighted by atomic mass is 9.94. The molecule has 0 aromatic heterocycles. The fourth-order valence-electron chi connectivity index (χ4n) is 3.27. The number of carbonyl (C=O) groups is 1. The molecule has 0 unspecified atom stereocenters. The van der Waals surface area contributed by atoms with Gasteiger partial charge in [-0.3, -0.25) is 14.9 Å². The van der Waals surface area contributed by atoms with Gasteiger partial charge in [-0.05, 0) is 37.8 Å². The average molecular weight is 317 g/mol. The molecule has 23 heavy (non-hydrogen) atoms. The van der Waals surface area contributed by atoms with E-state index in [0.29, 0.717) is 17.3 Å². The normalized spacial score (nSPS) is 18.5. The molecule has 0 spiro atoms. The molecule has 2 aliphatic rings. The Balaban J connectivity index is 1.83. The molecule has 1 aromatic carbocycles. The summed E-state index contributed by atoms with van der Waals surface area (Å²) in [5.41, 5.74) is 0.982. The molecule has 1 N–H and O–H groups in total. The monoisotopic (exact) mass is 317 g/mol. The number of carbonyl (C=O) groups excluding carboxylic acids is 1. The molecular formula is C17H23N3O3. The number of nitrogens with one attached hydrogen (secondary N) is 1. The Morgan fingerprint density at radius 1 is 1.22 bits per heavy atom. The van der Waals surface area contributed by atoms with Crippen LogP contribution in [0.1, 0.15) is 55.3 Å². The Morgan fingerprint density at radius 3 is 2.52 bits per heavy atom. The minimum atomic E-state index is -0.386. The number of hydrogen-bond acceptors (Lipinski definition) is 4. The second-order valence-corrected chi connectivity index (χ2v) is 6.61. The fourth-order valence-corrected chi connectivity index (χ4v) is 3.27. The summed E-state index contributed by atoms with van der Waals surface area (Å²) in [6.07, 6.45) is 7.71. The van der Waals surface area contributed by atoms with Crippen molar-refractivity contribution in [3.05, 3.63) is 33.9 Å². The number of nitro benzene ring substituents is 1. The molecule has 1 amide bonds. The van der Waals surface area contributed by atoms with Crippen LogP contribution in [0.5, 0.6) is 0 Å². The summed E-state index contributed by atoms with van der Waals surface area (Å²) in [7, 11) is 1.92. The van der Waals surface area contributed by atoms with Gasteiger partial charge in [-0.1, -0.05) is 19.3 Å². The molecule has 0 heterocycles. The van der Waals surface area contributed by atoms with Crippen LogP contribution >= 0.6 is 0 Å². The van der Waals surface area contributed by atoms with E-state index >= 15 is 0 Å². The second kappa shape index (κ2) is 6.56. The third-order valence-corrected chi connectivity index (χ3v) is 4.85. The first kappa shape index (κ1) is 15.8. The van der Waals surface area contributed by atoms with Crippen molar-refractivity contribution in [2.45, 2.75) is 57.0 Å². The van der Waals surface area contributed by atoms with Crippen LogP contribution in [0.15, 0.2) is 18.2 Å². The zero-order valence-corrected chi connectivity index (χ0v) is 13.5. The summed E-state index contributed by atoms with van der Waals surface area (Å²) in [5, 5.41) is 14.3. The molecule has 2 saturated carbocycles. The van der Waals surface area contributed by atoms with E-state index in [-0.39, 0.29) is 22.6 Å². The number of hydrogen-bond donors (Lipinski definition) is 1. The van der Waals surface area contributed by atoms with Gasteiger partial charge in [0.2, 0.25) is 0 Å². The van der Waals surface area contributed by atoms with Gasteiger partial charge in [0, 0.05) is 30.8 Å². The molecule has 1 aromatic rings. The minimum absolute atomic E-state index is 0.0153. The van der Waals surface area contributed by atoms with E-state index in [2.05, 4.69) is 5.32 Å². The summed E-state index contributed by atoms with van der Waals surface area (Å²) in [6.45, 7) is 0. The quantitative estimate of drug-likeness (QED) is 0.668. The smallest absolute Gasteiger partial charge is 0.293 e. The van der Waals surface area contributed by atoms with Gasteiger partial charge in [0.05, 0.1) is 4.92 Å². The highest BCUT2D eigenvalue weighted by Crippen LogP contribution is 2.33. The molecule has 6 heteroatoms. The molecule has 124 valence electrons. The molecular weight excluding hydrogens is 294 g/mol. The number of anilines is 1. The SMILES string of the molecule is CN(c1ccc(C(=O)NC2CC2)cc1[N+](=O)[O-])C1CCCCC1. The Bertz CT molecular complexity index is 607. The Labute approximate surface area is 136 Å². The van der Waals surface area contributed by atoms with Crippen molar-refractivity contribution in [1.82, 2.24) is 5.32 Å². The van der Waals surface area contributed by atoms with Crippen molar-refractivity contribution >= 4 is 17.3 Å². The van der Waals surface area contributed by atoms with Gasteiger partial charge < -0.3 is 10.2 Å². The van der Waals surface area contributed by atoms with Crippen molar-refractivity contribution in [1.29, 1.82) is 0 Å². The minimum Gasteiger partial charge on any atom is -0.366 e. The topological polar surface area (TPSA) is 75.5 Å². The van der Waals surface area contributed by atoms with Gasteiger partial charge >= 0.3 is 0 Å². The number of benzene rings is 1. The number of rotatable bonds is 5. The maximum absolute atomic E-state index is 12.1. The van der Waals surface area contributed by atoms with Gasteiger partial charge in [0.25, 0.3) is 11.6 Å². The van der Waals surface area contributed by atoms with Crippen LogP contribution in [0, 0.1) is 10.1 Å². The van der Waals surface area contributed by atoms with E-state index in [1.807, 2.05) is 11.9 Å². The van der Waals surface area contributed by atoms with E-state index in [0.717, 1.165) is 25.7 Å². The van der Waals surface area contributed by atoms with Gasteiger partial charge in [-0.25, -0.2) is 0 Å². The fraction of sp³-hybridized carbons (Fsp3) is 0.588. The highest BCUT2D eigenvalue weighted by molar-refractivity contribution is 5.96. The Hall–Kier alpha value is -2.11. The Morgan fingerprint density at radius 2 is 1.91 bits per heavy atom. The lowest BCUT2D eigenvalue weighted by molar-refractivity contribution is -0.384.